The molecule has 6 nitrogen and oxygen atoms in total. The van der Waals surface area contributed by atoms with Crippen LogP contribution in [0.2, 0.25) is 25.7 Å². The van der Waals surface area contributed by atoms with Gasteiger partial charge in [0.15, 0.2) is 5.82 Å². The Labute approximate surface area is 185 Å². The fraction of sp³-hybridized carbons (Fsp3) is 0.583. The standard InChI is InChI=1S/C24H35N5OSi/c1-15-9-19-20(11-18(15)25-3)27-23(26-19)22-17-10-16-12-24(16,2)13-21(17)29(28-22)14-30-7-8-31(4,5)6/h9,11,16,25H,7-8,10,12-14H2,1-6H3,(H,26,27)/t16-,24-/m1/s1. The lowest BCUT2D eigenvalue weighted by Crippen LogP contribution is -2.23. The number of hydrogen-bond acceptors (Lipinski definition) is 4. The van der Waals surface area contributed by atoms with Gasteiger partial charge in [0.1, 0.15) is 12.4 Å². The van der Waals surface area contributed by atoms with Crippen LogP contribution in [-0.4, -0.2) is 41.5 Å². The van der Waals surface area contributed by atoms with Crippen LogP contribution < -0.4 is 5.32 Å². The quantitative estimate of drug-likeness (QED) is 0.393. The SMILES string of the molecule is CNc1cc2[nH]c(-c3nn(COCC[Si](C)(C)C)c4c3C[C@@H]3C[C@]3(C)C4)nc2cc1C. The molecule has 31 heavy (non-hydrogen) atoms. The third kappa shape index (κ3) is 3.82. The molecule has 2 aliphatic carbocycles. The number of nitrogens with zero attached hydrogens (tertiary/aromatic N) is 3. The monoisotopic (exact) mass is 437 g/mol. The van der Waals surface area contributed by atoms with Gasteiger partial charge in [-0.05, 0) is 61.3 Å². The average molecular weight is 438 g/mol. The normalized spacial score (nSPS) is 22.5. The smallest absolute Gasteiger partial charge is 0.159 e. The van der Waals surface area contributed by atoms with Crippen molar-refractivity contribution in [2.45, 2.75) is 65.5 Å². The molecule has 0 spiro atoms. The zero-order valence-corrected chi connectivity index (χ0v) is 20.7. The first-order chi connectivity index (χ1) is 14.7. The van der Waals surface area contributed by atoms with E-state index in [1.54, 1.807) is 0 Å². The van der Waals surface area contributed by atoms with Gasteiger partial charge in [-0.2, -0.15) is 5.10 Å². The summed E-state index contributed by atoms with van der Waals surface area (Å²) < 4.78 is 8.21. The number of anilines is 1. The second kappa shape index (κ2) is 7.20. The Morgan fingerprint density at radius 2 is 2.13 bits per heavy atom. The Balaban J connectivity index is 1.48. The number of rotatable bonds is 7. The molecule has 0 unspecified atom stereocenters. The van der Waals surface area contributed by atoms with Gasteiger partial charge in [0.2, 0.25) is 0 Å². The summed E-state index contributed by atoms with van der Waals surface area (Å²) in [6.45, 7) is 13.1. The number of imidazole rings is 1. The minimum absolute atomic E-state index is 0.451. The van der Waals surface area contributed by atoms with Crippen LogP contribution in [0.5, 0.6) is 0 Å². The molecule has 0 aliphatic heterocycles. The van der Waals surface area contributed by atoms with Crippen LogP contribution in [-0.2, 0) is 24.3 Å². The first kappa shape index (κ1) is 20.8. The Bertz CT molecular complexity index is 1140. The zero-order valence-electron chi connectivity index (χ0n) is 19.7. The van der Waals surface area contributed by atoms with Gasteiger partial charge in [-0.25, -0.2) is 9.67 Å². The highest BCUT2D eigenvalue weighted by Gasteiger charge is 2.54. The first-order valence-electron chi connectivity index (χ1n) is 11.5. The van der Waals surface area contributed by atoms with E-state index in [1.165, 1.54) is 29.3 Å². The van der Waals surface area contributed by atoms with E-state index in [-0.39, 0.29) is 0 Å². The van der Waals surface area contributed by atoms with Crippen molar-refractivity contribution in [1.29, 1.82) is 0 Å². The topological polar surface area (TPSA) is 67.8 Å². The van der Waals surface area contributed by atoms with Crippen LogP contribution in [0.3, 0.4) is 0 Å². The van der Waals surface area contributed by atoms with Crippen molar-refractivity contribution < 1.29 is 4.74 Å². The summed E-state index contributed by atoms with van der Waals surface area (Å²) in [4.78, 5) is 8.47. The molecular formula is C24H35N5OSi. The number of aryl methyl sites for hydroxylation is 1. The van der Waals surface area contributed by atoms with Gasteiger partial charge in [0.05, 0.1) is 11.0 Å². The Kier molecular flexibility index (Phi) is 4.82. The molecular weight excluding hydrogens is 402 g/mol. The van der Waals surface area contributed by atoms with E-state index in [0.717, 1.165) is 53.6 Å². The van der Waals surface area contributed by atoms with Crippen molar-refractivity contribution in [3.8, 4) is 11.5 Å². The van der Waals surface area contributed by atoms with E-state index in [0.29, 0.717) is 12.1 Å². The number of aromatic amines is 1. The summed E-state index contributed by atoms with van der Waals surface area (Å²) in [6, 6.07) is 5.46. The summed E-state index contributed by atoms with van der Waals surface area (Å²) in [5.74, 6) is 1.66. The summed E-state index contributed by atoms with van der Waals surface area (Å²) in [7, 11) is 0.863. The van der Waals surface area contributed by atoms with E-state index in [9.17, 15) is 0 Å². The molecule has 2 atom stereocenters. The van der Waals surface area contributed by atoms with Gasteiger partial charge in [-0.1, -0.05) is 26.6 Å². The lowest BCUT2D eigenvalue weighted by Gasteiger charge is -2.20. The number of nitrogens with one attached hydrogen (secondary N) is 2. The van der Waals surface area contributed by atoms with Crippen LogP contribution in [0.15, 0.2) is 12.1 Å². The van der Waals surface area contributed by atoms with Gasteiger partial charge in [-0.15, -0.1) is 0 Å². The summed E-state index contributed by atoms with van der Waals surface area (Å²) >= 11 is 0. The summed E-state index contributed by atoms with van der Waals surface area (Å²) in [6.07, 6.45) is 3.52. The van der Waals surface area contributed by atoms with E-state index in [1.807, 2.05) is 7.05 Å². The molecule has 0 amide bonds. The predicted molar refractivity (Wildman–Crippen MR) is 129 cm³/mol. The van der Waals surface area contributed by atoms with E-state index in [2.05, 4.69) is 60.6 Å². The Morgan fingerprint density at radius 1 is 1.32 bits per heavy atom. The third-order valence-corrected chi connectivity index (χ3v) is 8.96. The molecule has 5 rings (SSSR count). The van der Waals surface area contributed by atoms with Crippen molar-refractivity contribution in [3.63, 3.8) is 0 Å². The minimum Gasteiger partial charge on any atom is -0.388 e. The van der Waals surface area contributed by atoms with Gasteiger partial charge in [0, 0.05) is 38.7 Å². The number of fused-ring (bicyclic) bond motifs is 3. The number of H-pyrrole nitrogens is 1. The van der Waals surface area contributed by atoms with Crippen molar-refractivity contribution in [2.24, 2.45) is 11.3 Å². The van der Waals surface area contributed by atoms with Crippen LogP contribution >= 0.6 is 0 Å². The van der Waals surface area contributed by atoms with Crippen molar-refractivity contribution in [2.75, 3.05) is 19.0 Å². The summed E-state index contributed by atoms with van der Waals surface area (Å²) in [5, 5.41) is 8.30. The van der Waals surface area contributed by atoms with E-state index < -0.39 is 8.07 Å². The van der Waals surface area contributed by atoms with Crippen molar-refractivity contribution in [1.82, 2.24) is 19.7 Å². The minimum atomic E-state index is -1.09. The molecule has 7 heteroatoms. The maximum Gasteiger partial charge on any atom is 0.159 e. The van der Waals surface area contributed by atoms with Crippen LogP contribution in [0.4, 0.5) is 5.69 Å². The molecule has 2 N–H and O–H groups in total. The highest BCUT2D eigenvalue weighted by Crippen LogP contribution is 2.60. The van der Waals surface area contributed by atoms with Gasteiger partial charge < -0.3 is 15.0 Å². The van der Waals surface area contributed by atoms with Crippen LogP contribution in [0.1, 0.15) is 30.2 Å². The number of benzene rings is 1. The lowest BCUT2D eigenvalue weighted by atomic mass is 9.87. The molecule has 0 bridgehead atoms. The average Bonchev–Trinajstić information content (AvgIpc) is 3.01. The molecule has 3 aromatic rings. The highest BCUT2D eigenvalue weighted by atomic mass is 28.3. The highest BCUT2D eigenvalue weighted by molar-refractivity contribution is 6.76. The maximum atomic E-state index is 6.09. The number of aromatic nitrogens is 4. The zero-order chi connectivity index (χ0) is 22.0. The second-order valence-electron chi connectivity index (χ2n) is 11.1. The lowest BCUT2D eigenvalue weighted by molar-refractivity contribution is 0.0757. The third-order valence-electron chi connectivity index (χ3n) is 7.26. The van der Waals surface area contributed by atoms with Gasteiger partial charge in [-0.3, -0.25) is 0 Å². The van der Waals surface area contributed by atoms with Gasteiger partial charge in [0.25, 0.3) is 0 Å². The molecule has 0 saturated heterocycles. The predicted octanol–water partition coefficient (Wildman–Crippen LogP) is 5.21. The fourth-order valence-corrected chi connectivity index (χ4v) is 5.74. The molecule has 0 radical (unpaired) electrons. The molecule has 1 saturated carbocycles. The van der Waals surface area contributed by atoms with Gasteiger partial charge >= 0.3 is 0 Å². The molecule has 1 aromatic carbocycles. The maximum absolute atomic E-state index is 6.09. The molecule has 2 aliphatic rings. The number of ether oxygens (including phenoxy) is 1. The Morgan fingerprint density at radius 3 is 2.87 bits per heavy atom. The van der Waals surface area contributed by atoms with Crippen LogP contribution in [0.25, 0.3) is 22.6 Å². The Hall–Kier alpha value is -2.12. The summed E-state index contributed by atoms with van der Waals surface area (Å²) in [5.41, 5.74) is 8.56. The largest absolute Gasteiger partial charge is 0.388 e. The molecule has 2 heterocycles. The van der Waals surface area contributed by atoms with E-state index in [4.69, 9.17) is 14.8 Å². The van der Waals surface area contributed by atoms with Crippen LogP contribution in [0, 0.1) is 18.3 Å². The molecule has 166 valence electrons. The fourth-order valence-electron chi connectivity index (χ4n) is 4.98. The molecule has 2 aromatic heterocycles. The van der Waals surface area contributed by atoms with Crippen molar-refractivity contribution in [3.05, 3.63) is 29.0 Å². The van der Waals surface area contributed by atoms with Crippen molar-refractivity contribution >= 4 is 24.8 Å². The molecule has 1 fully saturated rings. The second-order valence-corrected chi connectivity index (χ2v) is 16.7. The van der Waals surface area contributed by atoms with E-state index >= 15 is 0 Å². The first-order valence-corrected chi connectivity index (χ1v) is 15.2. The number of hydrogen-bond donors (Lipinski definition) is 2.